The van der Waals surface area contributed by atoms with Gasteiger partial charge in [-0.3, -0.25) is 4.79 Å². The predicted octanol–water partition coefficient (Wildman–Crippen LogP) is 1.28. The minimum atomic E-state index is -0.882. The number of urea groups is 1. The van der Waals surface area contributed by atoms with Crippen molar-refractivity contribution < 1.29 is 19.4 Å². The summed E-state index contributed by atoms with van der Waals surface area (Å²) in [5.74, 6) is -0.882. The second kappa shape index (κ2) is 7.78. The Kier molecular flexibility index (Phi) is 6.35. The van der Waals surface area contributed by atoms with E-state index in [0.717, 1.165) is 25.7 Å². The molecule has 6 nitrogen and oxygen atoms in total. The number of nitrogens with one attached hydrogen (secondary N) is 2. The average molecular weight is 270 g/mol. The van der Waals surface area contributed by atoms with Gasteiger partial charge in [-0.15, -0.1) is 6.58 Å². The summed E-state index contributed by atoms with van der Waals surface area (Å²) in [7, 11) is 0. The van der Waals surface area contributed by atoms with Gasteiger partial charge < -0.3 is 20.5 Å². The molecule has 1 aliphatic carbocycles. The number of hydrogen-bond donors (Lipinski definition) is 3. The van der Waals surface area contributed by atoms with Crippen molar-refractivity contribution in [1.29, 1.82) is 0 Å². The summed E-state index contributed by atoms with van der Waals surface area (Å²) in [5, 5.41) is 14.2. The Balaban J connectivity index is 2.15. The summed E-state index contributed by atoms with van der Waals surface area (Å²) >= 11 is 0. The fourth-order valence-corrected chi connectivity index (χ4v) is 2.03. The molecule has 0 bridgehead atoms. The molecule has 0 radical (unpaired) electrons. The highest BCUT2D eigenvalue weighted by Crippen LogP contribution is 2.34. The van der Waals surface area contributed by atoms with Crippen LogP contribution in [-0.4, -0.2) is 42.4 Å². The number of carbonyl (C=O) groups excluding carboxylic acids is 1. The molecule has 3 N–H and O–H groups in total. The quantitative estimate of drug-likeness (QED) is 0.435. The Morgan fingerprint density at radius 1 is 1.37 bits per heavy atom. The summed E-state index contributed by atoms with van der Waals surface area (Å²) in [6, 6.07) is -0.326. The molecule has 19 heavy (non-hydrogen) atoms. The maximum Gasteiger partial charge on any atom is 0.315 e. The van der Waals surface area contributed by atoms with Crippen molar-refractivity contribution in [2.75, 3.05) is 19.8 Å². The Morgan fingerprint density at radius 3 is 2.63 bits per heavy atom. The van der Waals surface area contributed by atoms with E-state index >= 15 is 0 Å². The van der Waals surface area contributed by atoms with Crippen LogP contribution in [0.5, 0.6) is 0 Å². The molecule has 1 aliphatic rings. The molecule has 6 heteroatoms. The largest absolute Gasteiger partial charge is 0.481 e. The van der Waals surface area contributed by atoms with E-state index in [9.17, 15) is 9.59 Å². The summed E-state index contributed by atoms with van der Waals surface area (Å²) in [6.45, 7) is 5.02. The number of carboxylic acid groups (broad SMARTS) is 1. The van der Waals surface area contributed by atoms with Crippen molar-refractivity contribution in [3.63, 3.8) is 0 Å². The highest BCUT2D eigenvalue weighted by atomic mass is 16.5. The van der Waals surface area contributed by atoms with Gasteiger partial charge >= 0.3 is 12.0 Å². The van der Waals surface area contributed by atoms with Crippen molar-refractivity contribution in [1.82, 2.24) is 10.6 Å². The first-order valence-electron chi connectivity index (χ1n) is 6.54. The minimum Gasteiger partial charge on any atom is -0.481 e. The number of aliphatic carboxylic acids is 1. The van der Waals surface area contributed by atoms with Crippen LogP contribution in [0.4, 0.5) is 4.79 Å². The highest BCUT2D eigenvalue weighted by Gasteiger charge is 2.40. The number of amides is 2. The molecule has 0 aromatic carbocycles. The second-order valence-corrected chi connectivity index (χ2v) is 4.78. The van der Waals surface area contributed by atoms with Gasteiger partial charge in [-0.1, -0.05) is 6.08 Å². The van der Waals surface area contributed by atoms with E-state index in [0.29, 0.717) is 19.8 Å². The molecule has 0 aliphatic heterocycles. The SMILES string of the molecule is C=CCCOCCNC(=O)NC1(CC(=O)O)CCC1. The van der Waals surface area contributed by atoms with Crippen LogP contribution in [0.1, 0.15) is 32.1 Å². The molecule has 1 rings (SSSR count). The van der Waals surface area contributed by atoms with Crippen LogP contribution in [0.15, 0.2) is 12.7 Å². The Labute approximate surface area is 113 Å². The van der Waals surface area contributed by atoms with Crippen LogP contribution in [-0.2, 0) is 9.53 Å². The first-order valence-corrected chi connectivity index (χ1v) is 6.54. The van der Waals surface area contributed by atoms with Gasteiger partial charge in [-0.05, 0) is 25.7 Å². The number of ether oxygens (including phenoxy) is 1. The molecule has 0 aromatic rings. The van der Waals surface area contributed by atoms with Crippen molar-refractivity contribution in [3.8, 4) is 0 Å². The molecule has 0 spiro atoms. The fourth-order valence-electron chi connectivity index (χ4n) is 2.03. The van der Waals surface area contributed by atoms with E-state index in [-0.39, 0.29) is 12.5 Å². The zero-order valence-corrected chi connectivity index (χ0v) is 11.1. The van der Waals surface area contributed by atoms with Crippen molar-refractivity contribution >= 4 is 12.0 Å². The molecule has 0 atom stereocenters. The third-order valence-corrected chi connectivity index (χ3v) is 3.18. The molecule has 0 heterocycles. The van der Waals surface area contributed by atoms with Gasteiger partial charge in [0.1, 0.15) is 0 Å². The number of rotatable bonds is 9. The van der Waals surface area contributed by atoms with Crippen LogP contribution < -0.4 is 10.6 Å². The average Bonchev–Trinajstić information content (AvgIpc) is 2.30. The standard InChI is InChI=1S/C13H22N2O4/c1-2-3-8-19-9-7-14-12(18)15-13(5-4-6-13)10-11(16)17/h2H,1,3-10H2,(H,16,17)(H2,14,15,18). The molecule has 2 amide bonds. The first-order chi connectivity index (χ1) is 9.08. The van der Waals surface area contributed by atoms with E-state index in [1.807, 2.05) is 0 Å². The van der Waals surface area contributed by atoms with Gasteiger partial charge in [0.25, 0.3) is 0 Å². The smallest absolute Gasteiger partial charge is 0.315 e. The maximum atomic E-state index is 11.6. The predicted molar refractivity (Wildman–Crippen MR) is 71.0 cm³/mol. The summed E-state index contributed by atoms with van der Waals surface area (Å²) in [4.78, 5) is 22.4. The zero-order valence-electron chi connectivity index (χ0n) is 11.1. The topological polar surface area (TPSA) is 87.7 Å². The summed E-state index contributed by atoms with van der Waals surface area (Å²) in [5.41, 5.74) is -0.556. The zero-order chi connectivity index (χ0) is 14.1. The lowest BCUT2D eigenvalue weighted by molar-refractivity contribution is -0.139. The Hall–Kier alpha value is -1.56. The lowest BCUT2D eigenvalue weighted by atomic mass is 9.74. The molecular formula is C13H22N2O4. The van der Waals surface area contributed by atoms with E-state index in [4.69, 9.17) is 9.84 Å². The van der Waals surface area contributed by atoms with Gasteiger partial charge in [-0.25, -0.2) is 4.79 Å². The van der Waals surface area contributed by atoms with Gasteiger partial charge in [0, 0.05) is 6.54 Å². The molecule has 0 aromatic heterocycles. The van der Waals surface area contributed by atoms with E-state index < -0.39 is 11.5 Å². The molecule has 108 valence electrons. The summed E-state index contributed by atoms with van der Waals surface area (Å²) in [6.07, 6.45) is 4.94. The number of carboxylic acids is 1. The second-order valence-electron chi connectivity index (χ2n) is 4.78. The Bertz CT molecular complexity index is 327. The normalized spacial score (nSPS) is 16.2. The van der Waals surface area contributed by atoms with Gasteiger partial charge in [0.05, 0.1) is 25.2 Å². The third-order valence-electron chi connectivity index (χ3n) is 3.18. The van der Waals surface area contributed by atoms with Gasteiger partial charge in [0.2, 0.25) is 0 Å². The van der Waals surface area contributed by atoms with Crippen LogP contribution >= 0.6 is 0 Å². The summed E-state index contributed by atoms with van der Waals surface area (Å²) < 4.78 is 5.25. The highest BCUT2D eigenvalue weighted by molar-refractivity contribution is 5.77. The van der Waals surface area contributed by atoms with Gasteiger partial charge in [0.15, 0.2) is 0 Å². The Morgan fingerprint density at radius 2 is 2.11 bits per heavy atom. The number of carbonyl (C=O) groups is 2. The van der Waals surface area contributed by atoms with Crippen molar-refractivity contribution in [3.05, 3.63) is 12.7 Å². The fraction of sp³-hybridized carbons (Fsp3) is 0.692. The third kappa shape index (κ3) is 5.74. The van der Waals surface area contributed by atoms with Crippen LogP contribution in [0.3, 0.4) is 0 Å². The van der Waals surface area contributed by atoms with Crippen LogP contribution in [0, 0.1) is 0 Å². The molecule has 1 saturated carbocycles. The monoisotopic (exact) mass is 270 g/mol. The molecule has 0 unspecified atom stereocenters. The minimum absolute atomic E-state index is 0.0176. The van der Waals surface area contributed by atoms with Crippen molar-refractivity contribution in [2.45, 2.75) is 37.6 Å². The molecule has 0 saturated heterocycles. The first kappa shape index (κ1) is 15.5. The lowest BCUT2D eigenvalue weighted by Crippen LogP contribution is -2.57. The number of hydrogen-bond acceptors (Lipinski definition) is 3. The molecule has 1 fully saturated rings. The van der Waals surface area contributed by atoms with Crippen molar-refractivity contribution in [2.24, 2.45) is 0 Å². The van der Waals surface area contributed by atoms with E-state index in [1.54, 1.807) is 6.08 Å². The van der Waals surface area contributed by atoms with Crippen LogP contribution in [0.2, 0.25) is 0 Å². The van der Waals surface area contributed by atoms with Gasteiger partial charge in [-0.2, -0.15) is 0 Å². The lowest BCUT2D eigenvalue weighted by Gasteiger charge is -2.41. The van der Waals surface area contributed by atoms with E-state index in [2.05, 4.69) is 17.2 Å². The van der Waals surface area contributed by atoms with Crippen LogP contribution in [0.25, 0.3) is 0 Å². The molecular weight excluding hydrogens is 248 g/mol. The maximum absolute atomic E-state index is 11.6. The van der Waals surface area contributed by atoms with E-state index in [1.165, 1.54) is 0 Å².